The third kappa shape index (κ3) is 6.32. The number of piperidine rings is 1. The summed E-state index contributed by atoms with van der Waals surface area (Å²) in [6.07, 6.45) is 10.2. The Morgan fingerprint density at radius 2 is 1.59 bits per heavy atom. The van der Waals surface area contributed by atoms with E-state index >= 15 is 0 Å². The number of amides is 1. The first kappa shape index (κ1) is 26.0. The van der Waals surface area contributed by atoms with Crippen molar-refractivity contribution in [2.75, 3.05) is 19.6 Å². The first-order chi connectivity index (χ1) is 19.0. The highest BCUT2D eigenvalue weighted by Crippen LogP contribution is 2.42. The molecule has 2 aliphatic heterocycles. The van der Waals surface area contributed by atoms with E-state index < -0.39 is 0 Å². The molecule has 0 atom stereocenters. The van der Waals surface area contributed by atoms with Crippen LogP contribution in [0.5, 0.6) is 0 Å². The SMILES string of the molecule is Cc1ccsc1CN1CCC2(CC1)CC(=O)N(Cc1ccc(CN(Cc3ncc[nH]3)Cc3ncc[nH]3)cc1)C2. The topological polar surface area (TPSA) is 84.2 Å². The molecule has 0 unspecified atom stereocenters. The van der Waals surface area contributed by atoms with Crippen molar-refractivity contribution in [3.8, 4) is 0 Å². The van der Waals surface area contributed by atoms with Gasteiger partial charge in [0, 0.05) is 62.3 Å². The molecule has 1 aromatic carbocycles. The van der Waals surface area contributed by atoms with E-state index in [1.54, 1.807) is 12.4 Å². The van der Waals surface area contributed by atoms with Crippen molar-refractivity contribution in [1.29, 1.82) is 0 Å². The number of carbonyl (C=O) groups is 1. The van der Waals surface area contributed by atoms with Gasteiger partial charge in [-0.1, -0.05) is 24.3 Å². The van der Waals surface area contributed by atoms with Crippen molar-refractivity contribution in [2.24, 2.45) is 5.41 Å². The third-order valence-electron chi connectivity index (χ3n) is 8.32. The highest BCUT2D eigenvalue weighted by atomic mass is 32.1. The predicted molar refractivity (Wildman–Crippen MR) is 153 cm³/mol. The Labute approximate surface area is 234 Å². The van der Waals surface area contributed by atoms with E-state index in [4.69, 9.17) is 0 Å². The van der Waals surface area contributed by atoms with Gasteiger partial charge in [-0.15, -0.1) is 11.3 Å². The maximum absolute atomic E-state index is 13.0. The van der Waals surface area contributed by atoms with Crippen LogP contribution in [0.25, 0.3) is 0 Å². The molecule has 5 heterocycles. The minimum absolute atomic E-state index is 0.149. The molecule has 4 aromatic rings. The molecule has 1 amide bonds. The second kappa shape index (κ2) is 11.5. The van der Waals surface area contributed by atoms with Crippen molar-refractivity contribution in [1.82, 2.24) is 34.6 Å². The lowest BCUT2D eigenvalue weighted by Gasteiger charge is -2.38. The number of hydrogen-bond acceptors (Lipinski definition) is 6. The average molecular weight is 544 g/mol. The van der Waals surface area contributed by atoms with Crippen molar-refractivity contribution < 1.29 is 4.79 Å². The summed E-state index contributed by atoms with van der Waals surface area (Å²) in [6.45, 7) is 9.21. The largest absolute Gasteiger partial charge is 0.348 e. The number of hydrogen-bond donors (Lipinski definition) is 2. The minimum Gasteiger partial charge on any atom is -0.348 e. The quantitative estimate of drug-likeness (QED) is 0.302. The zero-order valence-corrected chi connectivity index (χ0v) is 23.4. The number of aromatic nitrogens is 4. The van der Waals surface area contributed by atoms with Gasteiger partial charge in [0.05, 0.1) is 13.1 Å². The lowest BCUT2D eigenvalue weighted by Crippen LogP contribution is -2.41. The molecule has 0 radical (unpaired) electrons. The van der Waals surface area contributed by atoms with Gasteiger partial charge in [0.15, 0.2) is 0 Å². The van der Waals surface area contributed by atoms with Crippen LogP contribution in [-0.2, 0) is 37.5 Å². The number of rotatable bonds is 10. The van der Waals surface area contributed by atoms with E-state index in [1.807, 2.05) is 23.7 Å². The molecular formula is C30H37N7OS. The maximum Gasteiger partial charge on any atom is 0.223 e. The fourth-order valence-corrected chi connectivity index (χ4v) is 6.95. The zero-order valence-electron chi connectivity index (χ0n) is 22.6. The van der Waals surface area contributed by atoms with Crippen LogP contribution in [0, 0.1) is 12.3 Å². The maximum atomic E-state index is 13.0. The Morgan fingerprint density at radius 1 is 0.923 bits per heavy atom. The van der Waals surface area contributed by atoms with E-state index in [2.05, 4.69) is 77.3 Å². The number of H-pyrrole nitrogens is 2. The zero-order chi connectivity index (χ0) is 26.7. The number of nitrogens with zero attached hydrogens (tertiary/aromatic N) is 5. The van der Waals surface area contributed by atoms with Gasteiger partial charge in [-0.2, -0.15) is 0 Å². The molecule has 9 heteroatoms. The van der Waals surface area contributed by atoms with Gasteiger partial charge < -0.3 is 14.9 Å². The smallest absolute Gasteiger partial charge is 0.223 e. The van der Waals surface area contributed by atoms with Gasteiger partial charge >= 0.3 is 0 Å². The van der Waals surface area contributed by atoms with E-state index in [0.29, 0.717) is 32.0 Å². The molecule has 39 heavy (non-hydrogen) atoms. The highest BCUT2D eigenvalue weighted by molar-refractivity contribution is 7.10. The van der Waals surface area contributed by atoms with Gasteiger partial charge in [-0.25, -0.2) is 9.97 Å². The first-order valence-corrected chi connectivity index (χ1v) is 14.7. The molecule has 1 spiro atoms. The van der Waals surface area contributed by atoms with E-state index in [1.165, 1.54) is 21.6 Å². The molecule has 2 fully saturated rings. The number of likely N-dealkylation sites (tertiary alicyclic amines) is 2. The molecule has 204 valence electrons. The Hall–Kier alpha value is -3.27. The summed E-state index contributed by atoms with van der Waals surface area (Å²) >= 11 is 1.86. The normalized spacial score (nSPS) is 17.6. The van der Waals surface area contributed by atoms with Crippen molar-refractivity contribution in [3.63, 3.8) is 0 Å². The molecule has 6 rings (SSSR count). The van der Waals surface area contributed by atoms with Gasteiger partial charge in [0.25, 0.3) is 0 Å². The molecule has 3 aromatic heterocycles. The molecule has 0 saturated carbocycles. The van der Waals surface area contributed by atoms with E-state index in [0.717, 1.165) is 57.2 Å². The van der Waals surface area contributed by atoms with Crippen LogP contribution >= 0.6 is 11.3 Å². The molecule has 0 bridgehead atoms. The summed E-state index contributed by atoms with van der Waals surface area (Å²) in [5.41, 5.74) is 3.97. The summed E-state index contributed by atoms with van der Waals surface area (Å²) in [4.78, 5) is 36.7. The summed E-state index contributed by atoms with van der Waals surface area (Å²) in [6, 6.07) is 10.9. The number of thiophene rings is 1. The van der Waals surface area contributed by atoms with Crippen LogP contribution in [0.2, 0.25) is 0 Å². The van der Waals surface area contributed by atoms with Crippen molar-refractivity contribution in [3.05, 3.63) is 93.7 Å². The number of imidazole rings is 2. The second-order valence-electron chi connectivity index (χ2n) is 11.3. The number of benzene rings is 1. The average Bonchev–Trinajstić information content (AvgIpc) is 3.74. The van der Waals surface area contributed by atoms with Crippen molar-refractivity contribution >= 4 is 17.2 Å². The predicted octanol–water partition coefficient (Wildman–Crippen LogP) is 4.72. The van der Waals surface area contributed by atoms with E-state index in [-0.39, 0.29) is 5.41 Å². The Kier molecular flexibility index (Phi) is 7.63. The van der Waals surface area contributed by atoms with Gasteiger partial charge in [-0.3, -0.25) is 14.6 Å². The van der Waals surface area contributed by atoms with Crippen LogP contribution in [0.1, 0.15) is 52.5 Å². The minimum atomic E-state index is 0.149. The highest BCUT2D eigenvalue weighted by Gasteiger charge is 2.44. The first-order valence-electron chi connectivity index (χ1n) is 13.8. The number of aromatic amines is 2. The fraction of sp³-hybridized carbons (Fsp3) is 0.433. The summed E-state index contributed by atoms with van der Waals surface area (Å²) in [7, 11) is 0. The number of nitrogens with one attached hydrogen (secondary N) is 2. The molecule has 0 aliphatic carbocycles. The molecule has 2 aliphatic rings. The molecule has 2 N–H and O–H groups in total. The summed E-state index contributed by atoms with van der Waals surface area (Å²) in [5, 5.41) is 2.19. The van der Waals surface area contributed by atoms with Gasteiger partial charge in [0.2, 0.25) is 5.91 Å². The van der Waals surface area contributed by atoms with E-state index in [9.17, 15) is 4.79 Å². The van der Waals surface area contributed by atoms with Gasteiger partial charge in [-0.05, 0) is 66.4 Å². The lowest BCUT2D eigenvalue weighted by atomic mass is 9.77. The number of carbonyl (C=O) groups excluding carboxylic acids is 1. The molecule has 8 nitrogen and oxygen atoms in total. The summed E-state index contributed by atoms with van der Waals surface area (Å²) in [5.74, 6) is 2.18. The Bertz CT molecular complexity index is 1300. The van der Waals surface area contributed by atoms with Crippen LogP contribution in [0.15, 0.2) is 60.5 Å². The van der Waals surface area contributed by atoms with Crippen molar-refractivity contribution in [2.45, 2.75) is 58.9 Å². The summed E-state index contributed by atoms with van der Waals surface area (Å²) < 4.78 is 0. The lowest BCUT2D eigenvalue weighted by molar-refractivity contribution is -0.128. The van der Waals surface area contributed by atoms with Crippen LogP contribution in [-0.4, -0.2) is 60.2 Å². The Morgan fingerprint density at radius 3 is 2.18 bits per heavy atom. The van der Waals surface area contributed by atoms with Crippen LogP contribution in [0.3, 0.4) is 0 Å². The monoisotopic (exact) mass is 543 g/mol. The molecule has 2 saturated heterocycles. The molecular weight excluding hydrogens is 506 g/mol. The Balaban J connectivity index is 1.03. The standard InChI is InChI=1S/C30H37N7OS/c1-23-6-15-39-26(23)19-35-13-7-30(8-14-35)16-29(38)37(22-30)18-25-4-2-24(3-5-25)17-36(20-27-31-9-10-32-27)21-28-33-11-12-34-28/h2-6,9-12,15H,7-8,13-14,16-22H2,1H3,(H,31,32)(H,33,34). The van der Waals surface area contributed by atoms with Gasteiger partial charge in [0.1, 0.15) is 11.6 Å². The fourth-order valence-electron chi connectivity index (χ4n) is 6.00. The second-order valence-corrected chi connectivity index (χ2v) is 12.3. The van der Waals surface area contributed by atoms with Crippen LogP contribution < -0.4 is 0 Å². The van der Waals surface area contributed by atoms with Crippen LogP contribution in [0.4, 0.5) is 0 Å². The third-order valence-corrected chi connectivity index (χ3v) is 9.32. The number of aryl methyl sites for hydroxylation is 1.